The largest absolute Gasteiger partial charge is 0.349 e. The summed E-state index contributed by atoms with van der Waals surface area (Å²) in [4.78, 5) is 24.3. The van der Waals surface area contributed by atoms with E-state index in [1.54, 1.807) is 0 Å². The van der Waals surface area contributed by atoms with Crippen molar-refractivity contribution in [1.82, 2.24) is 5.32 Å². The summed E-state index contributed by atoms with van der Waals surface area (Å²) in [5.41, 5.74) is 5.91. The summed E-state index contributed by atoms with van der Waals surface area (Å²) in [6.07, 6.45) is 4.82. The minimum atomic E-state index is -0.0915. The van der Waals surface area contributed by atoms with Crippen LogP contribution in [0.25, 0.3) is 0 Å². The molecule has 1 aliphatic carbocycles. The number of anilines is 1. The molecule has 0 radical (unpaired) electrons. The third kappa shape index (κ3) is 5.86. The first-order chi connectivity index (χ1) is 13.5. The van der Waals surface area contributed by atoms with E-state index in [2.05, 4.69) is 28.8 Å². The highest BCUT2D eigenvalue weighted by molar-refractivity contribution is 8.00. The number of amides is 2. The summed E-state index contributed by atoms with van der Waals surface area (Å²) >= 11 is 1.33. The molecule has 2 amide bonds. The number of carbonyl (C=O) groups is 2. The van der Waals surface area contributed by atoms with Gasteiger partial charge in [0.05, 0.1) is 17.5 Å². The van der Waals surface area contributed by atoms with Gasteiger partial charge in [-0.05, 0) is 73.9 Å². The van der Waals surface area contributed by atoms with Gasteiger partial charge in [-0.15, -0.1) is 11.8 Å². The predicted molar refractivity (Wildman–Crippen MR) is 117 cm³/mol. The number of aryl methyl sites for hydroxylation is 3. The standard InChI is InChI=1S/C23H28N2O2S/c1-16-6-5-9-21(12-16)25-23(27)15-28-14-22(26)24-17(2)19-11-10-18-7-3-4-8-20(18)13-19/h5-6,9-13,17H,3-4,7-8,14-15H2,1-2H3,(H,24,26)(H,25,27). The number of carbonyl (C=O) groups excluding carboxylic acids is 2. The molecule has 28 heavy (non-hydrogen) atoms. The number of rotatable bonds is 7. The number of nitrogens with one attached hydrogen (secondary N) is 2. The van der Waals surface area contributed by atoms with Crippen LogP contribution in [-0.4, -0.2) is 23.3 Å². The van der Waals surface area contributed by atoms with Gasteiger partial charge in [0, 0.05) is 5.69 Å². The Kier molecular flexibility index (Phi) is 7.15. The van der Waals surface area contributed by atoms with E-state index in [0.29, 0.717) is 0 Å². The van der Waals surface area contributed by atoms with Gasteiger partial charge in [-0.1, -0.05) is 30.3 Å². The molecule has 0 heterocycles. The Morgan fingerprint density at radius 1 is 1.00 bits per heavy atom. The summed E-state index contributed by atoms with van der Waals surface area (Å²) in [6, 6.07) is 14.2. The van der Waals surface area contributed by atoms with Crippen LogP contribution >= 0.6 is 11.8 Å². The summed E-state index contributed by atoms with van der Waals surface area (Å²) in [7, 11) is 0. The molecule has 4 nitrogen and oxygen atoms in total. The van der Waals surface area contributed by atoms with Crippen molar-refractivity contribution in [3.63, 3.8) is 0 Å². The SMILES string of the molecule is Cc1cccc(NC(=O)CSCC(=O)NC(C)c2ccc3c(c2)CCCC3)c1. The molecule has 0 bridgehead atoms. The molecule has 0 saturated heterocycles. The van der Waals surface area contributed by atoms with Crippen LogP contribution in [0.15, 0.2) is 42.5 Å². The van der Waals surface area contributed by atoms with E-state index in [1.807, 2.05) is 38.1 Å². The van der Waals surface area contributed by atoms with Gasteiger partial charge in [-0.3, -0.25) is 9.59 Å². The lowest BCUT2D eigenvalue weighted by Crippen LogP contribution is -2.29. The van der Waals surface area contributed by atoms with E-state index in [0.717, 1.165) is 29.7 Å². The Hall–Kier alpha value is -2.27. The van der Waals surface area contributed by atoms with Crippen LogP contribution in [-0.2, 0) is 22.4 Å². The highest BCUT2D eigenvalue weighted by Crippen LogP contribution is 2.24. The number of thioether (sulfide) groups is 1. The van der Waals surface area contributed by atoms with Crippen LogP contribution < -0.4 is 10.6 Å². The molecule has 1 unspecified atom stereocenters. The lowest BCUT2D eigenvalue weighted by molar-refractivity contribution is -0.119. The summed E-state index contributed by atoms with van der Waals surface area (Å²) in [6.45, 7) is 4.00. The third-order valence-corrected chi connectivity index (χ3v) is 5.95. The van der Waals surface area contributed by atoms with Crippen molar-refractivity contribution in [3.05, 3.63) is 64.7 Å². The van der Waals surface area contributed by atoms with Crippen LogP contribution in [0.2, 0.25) is 0 Å². The lowest BCUT2D eigenvalue weighted by atomic mass is 9.89. The van der Waals surface area contributed by atoms with Crippen molar-refractivity contribution in [2.75, 3.05) is 16.8 Å². The van der Waals surface area contributed by atoms with Gasteiger partial charge in [0.15, 0.2) is 0 Å². The fraction of sp³-hybridized carbons (Fsp3) is 0.391. The zero-order valence-electron chi connectivity index (χ0n) is 16.6. The highest BCUT2D eigenvalue weighted by atomic mass is 32.2. The quantitative estimate of drug-likeness (QED) is 0.728. The van der Waals surface area contributed by atoms with E-state index < -0.39 is 0 Å². The van der Waals surface area contributed by atoms with Crippen LogP contribution in [0, 0.1) is 6.92 Å². The van der Waals surface area contributed by atoms with Crippen molar-refractivity contribution in [1.29, 1.82) is 0 Å². The van der Waals surface area contributed by atoms with Gasteiger partial charge in [0.25, 0.3) is 0 Å². The highest BCUT2D eigenvalue weighted by Gasteiger charge is 2.14. The van der Waals surface area contributed by atoms with Gasteiger partial charge >= 0.3 is 0 Å². The molecule has 0 fully saturated rings. The first kappa shape index (κ1) is 20.5. The molecule has 3 rings (SSSR count). The second kappa shape index (κ2) is 9.78. The minimum absolute atomic E-state index is 0.0264. The van der Waals surface area contributed by atoms with Crippen molar-refractivity contribution >= 4 is 29.3 Å². The molecule has 5 heteroatoms. The predicted octanol–water partition coefficient (Wildman–Crippen LogP) is 4.42. The monoisotopic (exact) mass is 396 g/mol. The molecule has 148 valence electrons. The van der Waals surface area contributed by atoms with E-state index >= 15 is 0 Å². The normalized spacial score (nSPS) is 14.1. The molecule has 0 saturated carbocycles. The smallest absolute Gasteiger partial charge is 0.234 e. The van der Waals surface area contributed by atoms with Gasteiger partial charge in [0.2, 0.25) is 11.8 Å². The topological polar surface area (TPSA) is 58.2 Å². The first-order valence-corrected chi connectivity index (χ1v) is 11.0. The molecule has 0 aromatic heterocycles. The molecular formula is C23H28N2O2S. The van der Waals surface area contributed by atoms with E-state index in [4.69, 9.17) is 0 Å². The Bertz CT molecular complexity index is 850. The Labute approximate surface area is 171 Å². The first-order valence-electron chi connectivity index (χ1n) is 9.86. The zero-order valence-corrected chi connectivity index (χ0v) is 17.4. The van der Waals surface area contributed by atoms with Crippen LogP contribution in [0.3, 0.4) is 0 Å². The average molecular weight is 397 g/mol. The van der Waals surface area contributed by atoms with Crippen LogP contribution in [0.4, 0.5) is 5.69 Å². The van der Waals surface area contributed by atoms with Crippen molar-refractivity contribution in [2.45, 2.75) is 45.6 Å². The summed E-state index contributed by atoms with van der Waals surface area (Å²) in [5.74, 6) is 0.398. The van der Waals surface area contributed by atoms with Gasteiger partial charge in [0.1, 0.15) is 0 Å². The van der Waals surface area contributed by atoms with E-state index in [9.17, 15) is 9.59 Å². The molecule has 2 aromatic rings. The van der Waals surface area contributed by atoms with Gasteiger partial charge < -0.3 is 10.6 Å². The third-order valence-electron chi connectivity index (χ3n) is 5.02. The van der Waals surface area contributed by atoms with Crippen molar-refractivity contribution < 1.29 is 9.59 Å². The van der Waals surface area contributed by atoms with E-state index in [1.165, 1.54) is 35.7 Å². The molecule has 0 spiro atoms. The Morgan fingerprint density at radius 3 is 2.54 bits per heavy atom. The fourth-order valence-corrected chi connectivity index (χ4v) is 4.17. The van der Waals surface area contributed by atoms with Gasteiger partial charge in [-0.2, -0.15) is 0 Å². The lowest BCUT2D eigenvalue weighted by Gasteiger charge is -2.20. The molecule has 1 atom stereocenters. The number of hydrogen-bond acceptors (Lipinski definition) is 3. The molecular weight excluding hydrogens is 368 g/mol. The second-order valence-electron chi connectivity index (χ2n) is 7.43. The summed E-state index contributed by atoms with van der Waals surface area (Å²) in [5, 5.41) is 5.90. The number of fused-ring (bicyclic) bond motifs is 1. The summed E-state index contributed by atoms with van der Waals surface area (Å²) < 4.78 is 0. The number of benzene rings is 2. The van der Waals surface area contributed by atoms with Crippen LogP contribution in [0.5, 0.6) is 0 Å². The van der Waals surface area contributed by atoms with Crippen LogP contribution in [0.1, 0.15) is 48.1 Å². The van der Waals surface area contributed by atoms with Crippen molar-refractivity contribution in [3.8, 4) is 0 Å². The van der Waals surface area contributed by atoms with Crippen molar-refractivity contribution in [2.24, 2.45) is 0 Å². The average Bonchev–Trinajstić information content (AvgIpc) is 2.67. The Balaban J connectivity index is 1.42. The molecule has 2 aromatic carbocycles. The maximum Gasteiger partial charge on any atom is 0.234 e. The second-order valence-corrected chi connectivity index (χ2v) is 8.42. The molecule has 0 aliphatic heterocycles. The Morgan fingerprint density at radius 2 is 1.75 bits per heavy atom. The van der Waals surface area contributed by atoms with Gasteiger partial charge in [-0.25, -0.2) is 0 Å². The fourth-order valence-electron chi connectivity index (χ4n) is 3.55. The van der Waals surface area contributed by atoms with E-state index in [-0.39, 0.29) is 29.4 Å². The maximum absolute atomic E-state index is 12.2. The molecule has 1 aliphatic rings. The maximum atomic E-state index is 12.2. The number of hydrogen-bond donors (Lipinski definition) is 2. The minimum Gasteiger partial charge on any atom is -0.349 e. The zero-order chi connectivity index (χ0) is 19.9. The molecule has 2 N–H and O–H groups in total.